The van der Waals surface area contributed by atoms with Crippen LogP contribution in [-0.2, 0) is 4.79 Å². The van der Waals surface area contributed by atoms with Gasteiger partial charge in [0.2, 0.25) is 0 Å². The SMILES string of the molecule is [13CH3][N+]([13CH3])([13CH3])CCC(O)CC(=O)O.[Cl-]. The molecule has 2 N–H and O–H groups in total. The predicted molar refractivity (Wildman–Crippen MR) is 45.8 cm³/mol. The highest BCUT2D eigenvalue weighted by molar-refractivity contribution is 5.67. The molecule has 0 aromatic heterocycles. The van der Waals surface area contributed by atoms with Crippen LogP contribution in [0, 0.1) is 0 Å². The van der Waals surface area contributed by atoms with Gasteiger partial charge in [-0.2, -0.15) is 0 Å². The fourth-order valence-corrected chi connectivity index (χ4v) is 0.840. The Balaban J connectivity index is 0. The minimum absolute atomic E-state index is 0. The van der Waals surface area contributed by atoms with Crippen LogP contribution in [0.1, 0.15) is 12.8 Å². The normalized spacial score (nSPS) is 13.2. The number of rotatable bonds is 5. The molecule has 0 radical (unpaired) electrons. The third-order valence-corrected chi connectivity index (χ3v) is 1.54. The van der Waals surface area contributed by atoms with Gasteiger partial charge >= 0.3 is 5.97 Å². The largest absolute Gasteiger partial charge is 1.00 e. The smallest absolute Gasteiger partial charge is 0.305 e. The Labute approximate surface area is 85.2 Å². The first-order valence-corrected chi connectivity index (χ1v) is 4.01. The van der Waals surface area contributed by atoms with Crippen molar-refractivity contribution in [1.82, 2.24) is 0 Å². The average Bonchev–Trinajstić information content (AvgIpc) is 1.80. The van der Waals surface area contributed by atoms with E-state index in [-0.39, 0.29) is 18.8 Å². The number of hydrogen-bond donors (Lipinski definition) is 2. The van der Waals surface area contributed by atoms with E-state index in [4.69, 9.17) is 5.11 Å². The highest BCUT2D eigenvalue weighted by Gasteiger charge is 2.14. The van der Waals surface area contributed by atoms with Crippen molar-refractivity contribution in [3.8, 4) is 0 Å². The lowest BCUT2D eigenvalue weighted by Gasteiger charge is -2.24. The van der Waals surface area contributed by atoms with E-state index < -0.39 is 12.1 Å². The van der Waals surface area contributed by atoms with Crippen molar-refractivity contribution >= 4 is 5.97 Å². The molecule has 0 saturated heterocycles. The van der Waals surface area contributed by atoms with Crippen molar-refractivity contribution in [1.29, 1.82) is 0 Å². The minimum atomic E-state index is -0.941. The summed E-state index contributed by atoms with van der Waals surface area (Å²) in [7, 11) is 6.02. The van der Waals surface area contributed by atoms with Crippen molar-refractivity contribution < 1.29 is 31.9 Å². The number of quaternary nitrogens is 1. The topological polar surface area (TPSA) is 57.5 Å². The van der Waals surface area contributed by atoms with Crippen LogP contribution in [0.25, 0.3) is 0 Å². The Morgan fingerprint density at radius 3 is 2.15 bits per heavy atom. The number of hydrogen-bond acceptors (Lipinski definition) is 2. The van der Waals surface area contributed by atoms with E-state index in [1.807, 2.05) is 21.1 Å². The van der Waals surface area contributed by atoms with Crippen LogP contribution >= 0.6 is 0 Å². The van der Waals surface area contributed by atoms with Crippen LogP contribution in [0.15, 0.2) is 0 Å². The number of aliphatic hydroxyl groups is 1. The lowest BCUT2D eigenvalue weighted by Crippen LogP contribution is -3.00. The molecule has 5 heteroatoms. The van der Waals surface area contributed by atoms with Crippen LogP contribution in [0.2, 0.25) is 0 Å². The highest BCUT2D eigenvalue weighted by Crippen LogP contribution is 2.01. The lowest BCUT2D eigenvalue weighted by atomic mass is 10.2. The number of nitrogens with zero attached hydrogens (tertiary/aromatic N) is 1. The van der Waals surface area contributed by atoms with Gasteiger partial charge in [-0.25, -0.2) is 0 Å². The van der Waals surface area contributed by atoms with Gasteiger partial charge in [0.1, 0.15) is 0 Å². The fourth-order valence-electron chi connectivity index (χ4n) is 0.840. The van der Waals surface area contributed by atoms with Gasteiger partial charge in [-0.3, -0.25) is 4.79 Å². The van der Waals surface area contributed by atoms with Crippen molar-refractivity contribution in [3.05, 3.63) is 0 Å². The summed E-state index contributed by atoms with van der Waals surface area (Å²) < 4.78 is 0.747. The number of carboxylic acids is 1. The average molecular weight is 215 g/mol. The molecule has 0 aromatic carbocycles. The fraction of sp³-hybridized carbons (Fsp3) is 0.875. The summed E-state index contributed by atoms with van der Waals surface area (Å²) in [4.78, 5) is 10.2. The minimum Gasteiger partial charge on any atom is -1.00 e. The number of carboxylic acid groups (broad SMARTS) is 1. The Kier molecular flexibility index (Phi) is 7.21. The highest BCUT2D eigenvalue weighted by atomic mass is 35.5. The zero-order valence-electron chi connectivity index (χ0n) is 8.33. The lowest BCUT2D eigenvalue weighted by molar-refractivity contribution is -0.870. The molecule has 0 saturated carbocycles. The molecule has 4 nitrogen and oxygen atoms in total. The number of aliphatic hydroxyl groups excluding tert-OH is 1. The Morgan fingerprint density at radius 2 is 1.85 bits per heavy atom. The second kappa shape index (κ2) is 6.18. The third kappa shape index (κ3) is 11.7. The van der Waals surface area contributed by atoms with E-state index in [0.717, 1.165) is 11.0 Å². The zero-order valence-corrected chi connectivity index (χ0v) is 9.08. The number of carbonyl (C=O) groups is 1. The van der Waals surface area contributed by atoms with Crippen molar-refractivity contribution in [2.24, 2.45) is 0 Å². The maximum Gasteiger partial charge on any atom is 0.305 e. The van der Waals surface area contributed by atoms with Crippen LogP contribution in [-0.4, -0.2) is 54.5 Å². The number of aliphatic carboxylic acids is 1. The Bertz CT molecular complexity index is 156. The van der Waals surface area contributed by atoms with Crippen molar-refractivity contribution in [2.45, 2.75) is 18.9 Å². The second-order valence-corrected chi connectivity index (χ2v) is 4.05. The van der Waals surface area contributed by atoms with Gasteiger partial charge < -0.3 is 27.1 Å². The molecule has 0 aliphatic heterocycles. The van der Waals surface area contributed by atoms with Gasteiger partial charge in [0.05, 0.1) is 40.2 Å². The summed E-state index contributed by atoms with van der Waals surface area (Å²) in [5.41, 5.74) is 0. The van der Waals surface area contributed by atoms with E-state index in [9.17, 15) is 9.90 Å². The van der Waals surface area contributed by atoms with Gasteiger partial charge in [0, 0.05) is 6.42 Å². The summed E-state index contributed by atoms with van der Waals surface area (Å²) in [5, 5.41) is 17.5. The van der Waals surface area contributed by atoms with Crippen LogP contribution in [0.4, 0.5) is 0 Å². The molecule has 13 heavy (non-hydrogen) atoms. The summed E-state index contributed by atoms with van der Waals surface area (Å²) in [6.07, 6.45) is -0.324. The maximum absolute atomic E-state index is 10.2. The van der Waals surface area contributed by atoms with Crippen molar-refractivity contribution in [2.75, 3.05) is 27.7 Å². The van der Waals surface area contributed by atoms with Gasteiger partial charge in [-0.1, -0.05) is 0 Å². The predicted octanol–water partition coefficient (Wildman–Crippen LogP) is -3.08. The molecular weight excluding hydrogens is 197 g/mol. The Morgan fingerprint density at radius 1 is 1.38 bits per heavy atom. The first-order valence-electron chi connectivity index (χ1n) is 4.01. The van der Waals surface area contributed by atoms with Gasteiger partial charge in [0.25, 0.3) is 0 Å². The third-order valence-electron chi connectivity index (χ3n) is 1.54. The molecule has 0 bridgehead atoms. The van der Waals surface area contributed by atoms with Gasteiger partial charge in [-0.15, -0.1) is 0 Å². The van der Waals surface area contributed by atoms with Crippen LogP contribution in [0.5, 0.6) is 0 Å². The van der Waals surface area contributed by atoms with Crippen LogP contribution < -0.4 is 12.4 Å². The molecule has 0 aliphatic rings. The molecule has 0 fully saturated rings. The molecule has 1 unspecified atom stereocenters. The summed E-state index contributed by atoms with van der Waals surface area (Å²) in [6.45, 7) is 0.786. The first-order chi connectivity index (χ1) is 5.31. The summed E-state index contributed by atoms with van der Waals surface area (Å²) >= 11 is 0. The van der Waals surface area contributed by atoms with E-state index in [2.05, 4.69) is 0 Å². The second-order valence-electron chi connectivity index (χ2n) is 4.05. The molecular formula is C8H18ClNO3. The molecule has 0 amide bonds. The molecule has 1 atom stereocenters. The molecule has 0 spiro atoms. The molecule has 0 aliphatic carbocycles. The zero-order chi connectivity index (χ0) is 9.78. The molecule has 0 aromatic rings. The summed E-state index contributed by atoms with van der Waals surface area (Å²) in [5.74, 6) is -0.941. The van der Waals surface area contributed by atoms with Gasteiger partial charge in [-0.05, 0) is 0 Å². The van der Waals surface area contributed by atoms with E-state index in [1.54, 1.807) is 0 Å². The van der Waals surface area contributed by atoms with Crippen LogP contribution in [0.3, 0.4) is 0 Å². The molecule has 0 heterocycles. The van der Waals surface area contributed by atoms with E-state index in [0.29, 0.717) is 6.42 Å². The monoisotopic (exact) mass is 214 g/mol. The first kappa shape index (κ1) is 15.2. The standard InChI is InChI=1S/C8H17NO3.ClH/c1-9(2,3)5-4-7(10)6-8(11)12;/h7,10H,4-6H2,1-3H3;1H/i1+1,2+1,3+1;. The molecule has 80 valence electrons. The quantitative estimate of drug-likeness (QED) is 0.377. The summed E-state index contributed by atoms with van der Waals surface area (Å²) in [6, 6.07) is 0. The van der Waals surface area contributed by atoms with E-state index in [1.165, 1.54) is 0 Å². The molecule has 0 rings (SSSR count). The van der Waals surface area contributed by atoms with Crippen molar-refractivity contribution in [3.63, 3.8) is 0 Å². The maximum atomic E-state index is 10.2. The van der Waals surface area contributed by atoms with Gasteiger partial charge in [0.15, 0.2) is 0 Å². The van der Waals surface area contributed by atoms with E-state index >= 15 is 0 Å². The number of halogens is 1. The Hall–Kier alpha value is -0.320.